The molecule has 0 bridgehead atoms. The summed E-state index contributed by atoms with van der Waals surface area (Å²) < 4.78 is 11.0. The second-order valence-electron chi connectivity index (χ2n) is 6.52. The van der Waals surface area contributed by atoms with Gasteiger partial charge < -0.3 is 14.8 Å². The molecule has 0 unspecified atom stereocenters. The first-order chi connectivity index (χ1) is 15.3. The first-order valence-electron chi connectivity index (χ1n) is 9.65. The van der Waals surface area contributed by atoms with Gasteiger partial charge in [-0.2, -0.15) is 5.10 Å². The number of H-pyrrole nitrogens is 1. The highest BCUT2D eigenvalue weighted by Crippen LogP contribution is 2.28. The standard InChI is InChI=1S/C24H20N4O3/c1-30-21-11-3-2-10-18(21)19-16-20(28-27-19)24(29)26-13-4-5-15-31-22-12-6-8-17-9-7-14-25-23(17)22/h2-3,6-12,14,16H,13,15H2,1H3,(H,26,29)(H,27,28). The van der Waals surface area contributed by atoms with E-state index in [0.717, 1.165) is 16.5 Å². The Labute approximate surface area is 179 Å². The van der Waals surface area contributed by atoms with Gasteiger partial charge in [0.25, 0.3) is 5.91 Å². The number of hydrogen-bond acceptors (Lipinski definition) is 5. The molecule has 31 heavy (non-hydrogen) atoms. The molecule has 154 valence electrons. The van der Waals surface area contributed by atoms with Crippen molar-refractivity contribution in [2.45, 2.75) is 0 Å². The molecule has 2 heterocycles. The van der Waals surface area contributed by atoms with Crippen LogP contribution in [-0.4, -0.2) is 41.3 Å². The molecule has 0 radical (unpaired) electrons. The highest BCUT2D eigenvalue weighted by atomic mass is 16.5. The number of carbonyl (C=O) groups is 1. The SMILES string of the molecule is COc1ccccc1-c1cc(C(=O)NCC#CCOc2cccc3cccnc23)[nH]n1. The quantitative estimate of drug-likeness (QED) is 0.474. The van der Waals surface area contributed by atoms with E-state index in [-0.39, 0.29) is 19.1 Å². The number of aromatic nitrogens is 3. The number of benzene rings is 2. The number of nitrogens with zero attached hydrogens (tertiary/aromatic N) is 2. The molecule has 0 aliphatic carbocycles. The predicted molar refractivity (Wildman–Crippen MR) is 118 cm³/mol. The van der Waals surface area contributed by atoms with Crippen molar-refractivity contribution >= 4 is 16.8 Å². The maximum absolute atomic E-state index is 12.3. The number of amides is 1. The third kappa shape index (κ3) is 4.65. The number of para-hydroxylation sites is 2. The Morgan fingerprint density at radius 2 is 1.90 bits per heavy atom. The van der Waals surface area contributed by atoms with Crippen molar-refractivity contribution in [3.8, 4) is 34.6 Å². The Morgan fingerprint density at radius 3 is 2.81 bits per heavy atom. The minimum Gasteiger partial charge on any atom is -0.496 e. The molecular weight excluding hydrogens is 392 g/mol. The monoisotopic (exact) mass is 412 g/mol. The van der Waals surface area contributed by atoms with Crippen LogP contribution in [0, 0.1) is 11.8 Å². The molecule has 0 aliphatic rings. The van der Waals surface area contributed by atoms with Crippen molar-refractivity contribution in [2.24, 2.45) is 0 Å². The molecule has 0 atom stereocenters. The van der Waals surface area contributed by atoms with Crippen LogP contribution in [0.4, 0.5) is 0 Å². The van der Waals surface area contributed by atoms with Crippen LogP contribution in [0.2, 0.25) is 0 Å². The smallest absolute Gasteiger partial charge is 0.270 e. The molecule has 0 saturated heterocycles. The van der Waals surface area contributed by atoms with Gasteiger partial charge in [-0.1, -0.05) is 42.2 Å². The third-order valence-corrected chi connectivity index (χ3v) is 4.56. The van der Waals surface area contributed by atoms with Gasteiger partial charge in [0.05, 0.1) is 19.3 Å². The van der Waals surface area contributed by atoms with E-state index in [1.54, 1.807) is 19.4 Å². The maximum Gasteiger partial charge on any atom is 0.270 e. The zero-order valence-corrected chi connectivity index (χ0v) is 16.9. The molecule has 2 aromatic carbocycles. The summed E-state index contributed by atoms with van der Waals surface area (Å²) in [6.07, 6.45) is 1.73. The Bertz CT molecular complexity index is 1270. The van der Waals surface area contributed by atoms with Crippen molar-refractivity contribution < 1.29 is 14.3 Å². The molecule has 0 spiro atoms. The van der Waals surface area contributed by atoms with Gasteiger partial charge in [0.2, 0.25) is 0 Å². The molecule has 0 aliphatic heterocycles. The lowest BCUT2D eigenvalue weighted by molar-refractivity contribution is 0.0953. The summed E-state index contributed by atoms with van der Waals surface area (Å²) in [5.41, 5.74) is 2.58. The largest absolute Gasteiger partial charge is 0.496 e. The lowest BCUT2D eigenvalue weighted by Crippen LogP contribution is -2.24. The average molecular weight is 412 g/mol. The Morgan fingerprint density at radius 1 is 1.06 bits per heavy atom. The lowest BCUT2D eigenvalue weighted by atomic mass is 10.1. The van der Waals surface area contributed by atoms with E-state index in [9.17, 15) is 4.79 Å². The Kier molecular flexibility index (Phi) is 6.10. The summed E-state index contributed by atoms with van der Waals surface area (Å²) in [4.78, 5) is 16.7. The highest BCUT2D eigenvalue weighted by molar-refractivity contribution is 5.93. The van der Waals surface area contributed by atoms with E-state index in [2.05, 4.69) is 32.3 Å². The molecule has 7 heteroatoms. The Balaban J connectivity index is 1.30. The normalized spacial score (nSPS) is 10.2. The highest BCUT2D eigenvalue weighted by Gasteiger charge is 2.13. The summed E-state index contributed by atoms with van der Waals surface area (Å²) in [6.45, 7) is 0.395. The van der Waals surface area contributed by atoms with Crippen molar-refractivity contribution in [3.63, 3.8) is 0 Å². The molecule has 0 fully saturated rings. The van der Waals surface area contributed by atoms with Crippen LogP contribution >= 0.6 is 0 Å². The molecule has 2 N–H and O–H groups in total. The van der Waals surface area contributed by atoms with Crippen LogP contribution < -0.4 is 14.8 Å². The molecule has 4 rings (SSSR count). The fraction of sp³-hybridized carbons (Fsp3) is 0.125. The van der Waals surface area contributed by atoms with Gasteiger partial charge in [-0.3, -0.25) is 14.9 Å². The summed E-state index contributed by atoms with van der Waals surface area (Å²) in [5.74, 6) is 6.85. The van der Waals surface area contributed by atoms with E-state index < -0.39 is 0 Å². The number of ether oxygens (including phenoxy) is 2. The van der Waals surface area contributed by atoms with Gasteiger partial charge in [0.15, 0.2) is 0 Å². The van der Waals surface area contributed by atoms with Crippen molar-refractivity contribution in [3.05, 3.63) is 72.6 Å². The minimum atomic E-state index is -0.290. The second-order valence-corrected chi connectivity index (χ2v) is 6.52. The molecule has 4 aromatic rings. The first-order valence-corrected chi connectivity index (χ1v) is 9.65. The number of pyridine rings is 1. The molecule has 1 amide bonds. The number of nitrogens with one attached hydrogen (secondary N) is 2. The maximum atomic E-state index is 12.3. The zero-order valence-electron chi connectivity index (χ0n) is 16.9. The summed E-state index contributed by atoms with van der Waals surface area (Å²) in [7, 11) is 1.60. The van der Waals surface area contributed by atoms with E-state index in [1.165, 1.54) is 0 Å². The topological polar surface area (TPSA) is 89.1 Å². The number of carbonyl (C=O) groups excluding carboxylic acids is 1. The van der Waals surface area contributed by atoms with Crippen molar-refractivity contribution in [1.82, 2.24) is 20.5 Å². The summed E-state index contributed by atoms with van der Waals surface area (Å²) in [6, 6.07) is 18.8. The number of fused-ring (bicyclic) bond motifs is 1. The van der Waals surface area contributed by atoms with Crippen molar-refractivity contribution in [1.29, 1.82) is 0 Å². The van der Waals surface area contributed by atoms with Crippen LogP contribution in [-0.2, 0) is 0 Å². The second kappa shape index (κ2) is 9.46. The fourth-order valence-corrected chi connectivity index (χ4v) is 3.07. The van der Waals surface area contributed by atoms with E-state index in [4.69, 9.17) is 9.47 Å². The van der Waals surface area contributed by atoms with Gasteiger partial charge in [-0.25, -0.2) is 0 Å². The van der Waals surface area contributed by atoms with Gasteiger partial charge in [-0.05, 0) is 30.3 Å². The van der Waals surface area contributed by atoms with Gasteiger partial charge >= 0.3 is 0 Å². The van der Waals surface area contributed by atoms with Crippen LogP contribution in [0.1, 0.15) is 10.5 Å². The number of methoxy groups -OCH3 is 1. The van der Waals surface area contributed by atoms with E-state index in [0.29, 0.717) is 22.9 Å². The van der Waals surface area contributed by atoms with Gasteiger partial charge in [-0.15, -0.1) is 0 Å². The van der Waals surface area contributed by atoms with Crippen molar-refractivity contribution in [2.75, 3.05) is 20.3 Å². The number of hydrogen-bond donors (Lipinski definition) is 2. The van der Waals surface area contributed by atoms with Crippen LogP contribution in [0.3, 0.4) is 0 Å². The predicted octanol–water partition coefficient (Wildman–Crippen LogP) is 3.45. The molecule has 2 aromatic heterocycles. The van der Waals surface area contributed by atoms with Gasteiger partial charge in [0, 0.05) is 17.1 Å². The van der Waals surface area contributed by atoms with Gasteiger partial charge in [0.1, 0.15) is 29.3 Å². The summed E-state index contributed by atoms with van der Waals surface area (Å²) >= 11 is 0. The molecule has 0 saturated carbocycles. The third-order valence-electron chi connectivity index (χ3n) is 4.56. The lowest BCUT2D eigenvalue weighted by Gasteiger charge is -2.05. The molecule has 7 nitrogen and oxygen atoms in total. The van der Waals surface area contributed by atoms with Crippen LogP contribution in [0.5, 0.6) is 11.5 Å². The van der Waals surface area contributed by atoms with E-state index in [1.807, 2.05) is 54.6 Å². The summed E-state index contributed by atoms with van der Waals surface area (Å²) in [5, 5.41) is 10.7. The fourth-order valence-electron chi connectivity index (χ4n) is 3.07. The number of aromatic amines is 1. The molecular formula is C24H20N4O3. The van der Waals surface area contributed by atoms with Crippen LogP contribution in [0.25, 0.3) is 22.2 Å². The zero-order chi connectivity index (χ0) is 21.5. The minimum absolute atomic E-state index is 0.193. The van der Waals surface area contributed by atoms with Crippen LogP contribution in [0.15, 0.2) is 66.9 Å². The first kappa shape index (κ1) is 20.0. The number of rotatable bonds is 6. The average Bonchev–Trinajstić information content (AvgIpc) is 3.31. The Hall–Kier alpha value is -4.31. The van der Waals surface area contributed by atoms with E-state index >= 15 is 0 Å².